The second kappa shape index (κ2) is 43.0. The van der Waals surface area contributed by atoms with E-state index in [2.05, 4.69) is 87.2 Å². The lowest BCUT2D eigenvalue weighted by Gasteiger charge is -2.32. The van der Waals surface area contributed by atoms with Crippen molar-refractivity contribution < 1.29 is 73.3 Å². The van der Waals surface area contributed by atoms with Crippen molar-refractivity contribution in [3.8, 4) is 11.4 Å². The fourth-order valence-electron chi connectivity index (χ4n) is 14.2. The van der Waals surface area contributed by atoms with Crippen molar-refractivity contribution in [2.45, 2.75) is 214 Å². The Morgan fingerprint density at radius 3 is 1.35 bits per heavy atom. The number of halogens is 4. The molecule has 34 heteroatoms. The molecule has 610 valence electrons. The average Bonchev–Trinajstić information content (AvgIpc) is 1.59. The molecule has 8 aromatic rings. The van der Waals surface area contributed by atoms with E-state index in [9.17, 15) is 43.8 Å². The zero-order chi connectivity index (χ0) is 80.1. The number of carbonyl (C=O) groups excluding carboxylic acids is 3. The molecule has 6 N–H and O–H groups in total. The number of alkyl halides is 1. The molecule has 0 spiro atoms. The van der Waals surface area contributed by atoms with Crippen LogP contribution in [0.2, 0.25) is 0 Å². The number of methoxy groups -OCH3 is 1. The number of hydrogen-bond acceptors (Lipinski definition) is 20. The van der Waals surface area contributed by atoms with Crippen molar-refractivity contribution in [2.24, 2.45) is 5.73 Å². The van der Waals surface area contributed by atoms with Gasteiger partial charge >= 0.3 is 19.1 Å². The molecule has 0 radical (unpaired) electrons. The standard InChI is InChI=1S/C23H24N4O4.C16H18BNO4.C13H18BrN3O2.C9H11BrN2O2.C8H9BrN2O2.C5H11NO.CH3F.CH4O.2CH4/c28-23(24-15-10-13-31-14-11-15)21-20-8-1-2-12-26(20)22(25-21)18-7-3-6-17-16(18)5-4-9-19(17)27(29)30;1-15(2)16(3,4)22-17(21-15)13-9-5-8-12-11(13)7-6-10-14(12)18(19)20;14-13-16-11(10-3-1-2-6-17(10)13)12(18)15-9-4-7-19-8-5-9;1-14-8(13)7-6-4-2-3-5-12(6)9(10)11-7;9-8-10-6(7(12)13)5-3-1-2-4-11(5)8;6-5-1-3-7-4-2-5;2*1-2;;/h3-7,9,15H,1-2,8,10-14H2,(H,24,28);5-10H,1-4H3;9H,1-8H2,(H,15,18);2-5H2,1H3;1-4H2,(H,12,13);5H,1-4,6H2;1H3;2H,1H3;2*1H4/i;;;;;;1D;;;. The number of nitro groups is 2. The van der Waals surface area contributed by atoms with Gasteiger partial charge in [-0.05, 0) is 219 Å². The van der Waals surface area contributed by atoms with Crippen LogP contribution in [-0.2, 0) is 80.1 Å². The van der Waals surface area contributed by atoms with Gasteiger partial charge in [-0.2, -0.15) is 0 Å². The minimum atomic E-state index is -1.00. The number of carboxylic acid groups (broad SMARTS) is 1. The first-order valence-electron chi connectivity index (χ1n) is 37.8. The molecule has 4 saturated heterocycles. The van der Waals surface area contributed by atoms with Gasteiger partial charge in [0.05, 0.1) is 70.2 Å². The van der Waals surface area contributed by atoms with E-state index in [-0.39, 0.29) is 71.6 Å². The van der Waals surface area contributed by atoms with Gasteiger partial charge in [-0.3, -0.25) is 34.2 Å². The van der Waals surface area contributed by atoms with Crippen LogP contribution >= 0.6 is 47.8 Å². The number of esters is 1. The summed E-state index contributed by atoms with van der Waals surface area (Å²) in [6, 6.07) is 21.8. The number of rotatable bonds is 10. The summed E-state index contributed by atoms with van der Waals surface area (Å²) in [6.07, 6.45) is 17.7. The highest BCUT2D eigenvalue weighted by molar-refractivity contribution is 9.10. The van der Waals surface area contributed by atoms with Gasteiger partial charge in [0.2, 0.25) is 0 Å². The van der Waals surface area contributed by atoms with E-state index in [0.29, 0.717) is 57.7 Å². The number of imidazole rings is 4. The van der Waals surface area contributed by atoms with Crippen LogP contribution in [0.1, 0.15) is 199 Å². The molecule has 4 fully saturated rings. The van der Waals surface area contributed by atoms with Gasteiger partial charge in [0.15, 0.2) is 31.3 Å². The third-order valence-corrected chi connectivity index (χ3v) is 22.5. The van der Waals surface area contributed by atoms with Gasteiger partial charge in [0, 0.05) is 109 Å². The fraction of sp³-hybridized carbons (Fsp3) is 0.538. The van der Waals surface area contributed by atoms with Crippen LogP contribution < -0.4 is 21.8 Å². The minimum Gasteiger partial charge on any atom is -0.476 e. The maximum Gasteiger partial charge on any atom is 0.495 e. The zero-order valence-corrected chi connectivity index (χ0v) is 67.7. The first-order valence-corrected chi connectivity index (χ1v) is 39.5. The number of non-ortho nitro benzene ring substituents is 2. The van der Waals surface area contributed by atoms with Gasteiger partial charge in [0.25, 0.3) is 23.2 Å². The summed E-state index contributed by atoms with van der Waals surface area (Å²) in [5, 5.41) is 47.5. The number of fused-ring (bicyclic) bond motifs is 6. The van der Waals surface area contributed by atoms with Crippen molar-refractivity contribution in [3.63, 3.8) is 0 Å². The summed E-state index contributed by atoms with van der Waals surface area (Å²) >= 11 is 10.1. The molecule has 0 atom stereocenters. The van der Waals surface area contributed by atoms with Gasteiger partial charge in [-0.15, -0.1) is 0 Å². The van der Waals surface area contributed by atoms with Gasteiger partial charge in [-0.25, -0.2) is 29.5 Å². The lowest BCUT2D eigenvalue weighted by atomic mass is 9.76. The van der Waals surface area contributed by atoms with Crippen LogP contribution in [0.25, 0.3) is 32.9 Å². The molecule has 0 unspecified atom stereocenters. The van der Waals surface area contributed by atoms with Gasteiger partial charge < -0.3 is 73.1 Å². The van der Waals surface area contributed by atoms with E-state index in [1.54, 1.807) is 30.3 Å². The summed E-state index contributed by atoms with van der Waals surface area (Å²) in [6.45, 7) is 16.0. The van der Waals surface area contributed by atoms with Crippen LogP contribution in [0.3, 0.4) is 0 Å². The Morgan fingerprint density at radius 2 is 0.920 bits per heavy atom. The average molecular weight is 1750 g/mol. The monoisotopic (exact) mass is 1750 g/mol. The van der Waals surface area contributed by atoms with Crippen molar-refractivity contribution >= 4 is 117 Å². The number of benzene rings is 4. The van der Waals surface area contributed by atoms with Crippen molar-refractivity contribution in [2.75, 3.05) is 61.0 Å². The Hall–Kier alpha value is -7.93. The summed E-state index contributed by atoms with van der Waals surface area (Å²) in [5.74, 6) is -0.756. The second-order valence-corrected chi connectivity index (χ2v) is 30.3. The number of nitrogens with one attached hydrogen (secondary N) is 2. The molecule has 4 aromatic heterocycles. The van der Waals surface area contributed by atoms with E-state index in [1.807, 2.05) is 67.2 Å². The van der Waals surface area contributed by atoms with Crippen molar-refractivity contribution in [3.05, 3.63) is 153 Å². The third-order valence-electron chi connectivity index (χ3n) is 20.7. The number of nitrogens with two attached hydrogens (primary N) is 1. The summed E-state index contributed by atoms with van der Waals surface area (Å²) < 4.78 is 58.4. The number of carboxylic acids is 1. The molecule has 0 bridgehead atoms. The Morgan fingerprint density at radius 1 is 0.562 bits per heavy atom. The van der Waals surface area contributed by atoms with Gasteiger partial charge in [0.1, 0.15) is 11.5 Å². The maximum atomic E-state index is 13.1. The van der Waals surface area contributed by atoms with E-state index < -0.39 is 31.4 Å². The quantitative estimate of drug-likeness (QED) is 0.0367. The molecule has 2 amide bonds. The molecule has 8 aliphatic rings. The van der Waals surface area contributed by atoms with Crippen LogP contribution in [0.5, 0.6) is 0 Å². The molecular formula is C78H106BBr3FN13O16. The minimum absolute atomic E-state index is 0. The lowest BCUT2D eigenvalue weighted by molar-refractivity contribution is -0.383. The molecule has 8 aliphatic heterocycles. The van der Waals surface area contributed by atoms with Crippen molar-refractivity contribution in [1.82, 2.24) is 48.8 Å². The van der Waals surface area contributed by atoms with Crippen LogP contribution in [0.15, 0.2) is 87.0 Å². The molecule has 112 heavy (non-hydrogen) atoms. The van der Waals surface area contributed by atoms with Gasteiger partial charge in [-0.1, -0.05) is 63.4 Å². The predicted molar refractivity (Wildman–Crippen MR) is 437 cm³/mol. The highest BCUT2D eigenvalue weighted by Crippen LogP contribution is 2.39. The molecule has 0 aliphatic carbocycles. The Balaban J connectivity index is 0.000000193. The van der Waals surface area contributed by atoms with Crippen molar-refractivity contribution in [1.29, 1.82) is 0 Å². The molecule has 16 rings (SSSR count). The SMILES string of the molecule is C.C.CC1(C)OB(c2cccc3c([N+](=O)[O-])cccc23)OC1(C)C.CO.COC(=O)c1nc(Br)n2c1CCCC2.NC1CCOCC1.O=C(NC1CCOCC1)c1nc(-c2cccc3c([N+](=O)[O-])cccc23)n2c1CCCC2.O=C(NC1CCOCC1)c1nc(Br)n2c1CCCC2.O=C(O)c1nc(Br)n2c1CCCC2.[2H]CF. The summed E-state index contributed by atoms with van der Waals surface area (Å²) in [4.78, 5) is 86.9. The van der Waals surface area contributed by atoms with E-state index in [4.69, 9.17) is 45.8 Å². The number of aliphatic hydroxyl groups is 1. The lowest BCUT2D eigenvalue weighted by Crippen LogP contribution is -2.41. The summed E-state index contributed by atoms with van der Waals surface area (Å²) in [7, 11) is 0.848. The number of nitro benzene ring substituents is 2. The number of aliphatic hydroxyl groups excluding tert-OH is 1. The smallest absolute Gasteiger partial charge is 0.476 e. The predicted octanol–water partition coefficient (Wildman–Crippen LogP) is 13.8. The van der Waals surface area contributed by atoms with Crippen LogP contribution in [0.4, 0.5) is 15.8 Å². The number of nitrogens with zero attached hydrogens (tertiary/aromatic N) is 10. The van der Waals surface area contributed by atoms with E-state index >= 15 is 0 Å². The number of carbonyl (C=O) groups is 4. The summed E-state index contributed by atoms with van der Waals surface area (Å²) in [5.41, 5.74) is 12.1. The number of aromatic nitrogens is 8. The second-order valence-electron chi connectivity index (χ2n) is 28.2. The first kappa shape index (κ1) is 89.6. The molecular weight excluding hydrogens is 1640 g/mol. The number of ether oxygens (including phenoxy) is 4. The maximum absolute atomic E-state index is 13.1. The molecule has 12 heterocycles. The normalized spacial score (nSPS) is 17.4. The topological polar surface area (TPSA) is 372 Å². The Labute approximate surface area is 679 Å². The highest BCUT2D eigenvalue weighted by atomic mass is 79.9. The zero-order valence-electron chi connectivity index (χ0n) is 63.9. The van der Waals surface area contributed by atoms with E-state index in [1.165, 1.54) is 19.2 Å². The number of amides is 2. The fourth-order valence-corrected chi connectivity index (χ4v) is 16.0. The largest absolute Gasteiger partial charge is 0.495 e. The van der Waals surface area contributed by atoms with Crippen LogP contribution in [-0.4, -0.2) is 179 Å². The molecule has 29 nitrogen and oxygen atoms in total. The third kappa shape index (κ3) is 22.1. The molecule has 0 saturated carbocycles. The Kier molecular flexibility index (Phi) is 34.4. The van der Waals surface area contributed by atoms with E-state index in [0.717, 1.165) is 229 Å². The Bertz CT molecular complexity index is 4530. The molecule has 4 aromatic carbocycles. The van der Waals surface area contributed by atoms with Crippen LogP contribution in [0, 0.1) is 20.2 Å². The number of aromatic carboxylic acids is 1. The highest BCUT2D eigenvalue weighted by Gasteiger charge is 2.52. The first-order chi connectivity index (χ1) is 53.4. The number of hydrogen-bond donors (Lipinski definition) is 5.